The Bertz CT molecular complexity index is 968. The molecule has 0 aliphatic heterocycles. The largest absolute Gasteiger partial charge is 0.486 e. The summed E-state index contributed by atoms with van der Waals surface area (Å²) in [6, 6.07) is 22.8. The maximum absolute atomic E-state index is 12.4. The van der Waals surface area contributed by atoms with Crippen LogP contribution in [0.25, 0.3) is 0 Å². The summed E-state index contributed by atoms with van der Waals surface area (Å²) in [4.78, 5) is 12.4. The van der Waals surface area contributed by atoms with Gasteiger partial charge in [0.15, 0.2) is 18.1 Å². The molecule has 0 unspecified atom stereocenters. The second kappa shape index (κ2) is 9.99. The summed E-state index contributed by atoms with van der Waals surface area (Å²) >= 11 is 0. The van der Waals surface area contributed by atoms with E-state index < -0.39 is 0 Å². The molecule has 0 fully saturated rings. The van der Waals surface area contributed by atoms with Gasteiger partial charge in [-0.2, -0.15) is 0 Å². The molecule has 0 bridgehead atoms. The van der Waals surface area contributed by atoms with Crippen LogP contribution in [0.3, 0.4) is 0 Å². The summed E-state index contributed by atoms with van der Waals surface area (Å²) < 4.78 is 11.2. The third kappa shape index (κ3) is 5.87. The first kappa shape index (κ1) is 20.0. The van der Waals surface area contributed by atoms with Crippen molar-refractivity contribution in [1.82, 2.24) is 0 Å². The van der Waals surface area contributed by atoms with Gasteiger partial charge in [0.1, 0.15) is 6.61 Å². The predicted octanol–water partition coefficient (Wildman–Crippen LogP) is 5.32. The molecule has 0 heterocycles. The molecule has 148 valence electrons. The van der Waals surface area contributed by atoms with E-state index in [4.69, 9.17) is 9.47 Å². The molecule has 5 nitrogen and oxygen atoms in total. The minimum Gasteiger partial charge on any atom is -0.486 e. The standard InChI is InChI=1S/C24H24N2O3/c1-3-16-28-22-10-6-7-11-23(22)29-17-24(27)26-21-9-5-4-8-20(21)25-19-14-12-18(2)13-15-19/h3-15,25H,1,16-17H2,2H3,(H,26,27). The second-order valence-electron chi connectivity index (χ2n) is 6.42. The first-order valence-electron chi connectivity index (χ1n) is 9.34. The van der Waals surface area contributed by atoms with Gasteiger partial charge in [-0.05, 0) is 43.3 Å². The maximum Gasteiger partial charge on any atom is 0.262 e. The van der Waals surface area contributed by atoms with E-state index in [0.717, 1.165) is 11.4 Å². The quantitative estimate of drug-likeness (QED) is 0.487. The first-order chi connectivity index (χ1) is 14.2. The smallest absolute Gasteiger partial charge is 0.262 e. The second-order valence-corrected chi connectivity index (χ2v) is 6.42. The number of aryl methyl sites for hydroxylation is 1. The minimum absolute atomic E-state index is 0.132. The van der Waals surface area contributed by atoms with E-state index >= 15 is 0 Å². The van der Waals surface area contributed by atoms with Gasteiger partial charge >= 0.3 is 0 Å². The zero-order chi connectivity index (χ0) is 20.5. The van der Waals surface area contributed by atoms with E-state index in [0.29, 0.717) is 23.8 Å². The summed E-state index contributed by atoms with van der Waals surface area (Å²) in [7, 11) is 0. The third-order valence-electron chi connectivity index (χ3n) is 4.10. The third-order valence-corrected chi connectivity index (χ3v) is 4.10. The summed E-state index contributed by atoms with van der Waals surface area (Å²) in [5.41, 5.74) is 3.62. The number of benzene rings is 3. The number of rotatable bonds is 9. The maximum atomic E-state index is 12.4. The summed E-state index contributed by atoms with van der Waals surface area (Å²) in [5, 5.41) is 6.22. The van der Waals surface area contributed by atoms with Gasteiger partial charge < -0.3 is 20.1 Å². The average molecular weight is 388 g/mol. The van der Waals surface area contributed by atoms with Crippen molar-refractivity contribution in [3.05, 3.63) is 91.0 Å². The van der Waals surface area contributed by atoms with Crippen LogP contribution in [0.2, 0.25) is 0 Å². The van der Waals surface area contributed by atoms with Crippen LogP contribution in [-0.2, 0) is 4.79 Å². The zero-order valence-corrected chi connectivity index (χ0v) is 16.4. The number of ether oxygens (including phenoxy) is 2. The molecule has 29 heavy (non-hydrogen) atoms. The van der Waals surface area contributed by atoms with Crippen molar-refractivity contribution in [2.75, 3.05) is 23.8 Å². The van der Waals surface area contributed by atoms with Crippen molar-refractivity contribution in [2.45, 2.75) is 6.92 Å². The Labute approximate surface area is 171 Å². The Morgan fingerprint density at radius 2 is 1.52 bits per heavy atom. The molecule has 0 aliphatic rings. The summed E-state index contributed by atoms with van der Waals surface area (Å²) in [6.07, 6.45) is 1.65. The fraction of sp³-hybridized carbons (Fsp3) is 0.125. The Hall–Kier alpha value is -3.73. The Kier molecular flexibility index (Phi) is 6.90. The molecular formula is C24H24N2O3. The lowest BCUT2D eigenvalue weighted by molar-refractivity contribution is -0.118. The van der Waals surface area contributed by atoms with Crippen molar-refractivity contribution in [1.29, 1.82) is 0 Å². The van der Waals surface area contributed by atoms with Gasteiger partial charge in [-0.25, -0.2) is 0 Å². The molecule has 3 aromatic carbocycles. The topological polar surface area (TPSA) is 59.6 Å². The van der Waals surface area contributed by atoms with Crippen molar-refractivity contribution >= 4 is 23.0 Å². The molecule has 0 aromatic heterocycles. The number of carbonyl (C=O) groups is 1. The highest BCUT2D eigenvalue weighted by Gasteiger charge is 2.10. The number of anilines is 3. The van der Waals surface area contributed by atoms with E-state index in [1.165, 1.54) is 5.56 Å². The van der Waals surface area contributed by atoms with Crippen LogP contribution in [0.4, 0.5) is 17.1 Å². The van der Waals surface area contributed by atoms with E-state index in [9.17, 15) is 4.79 Å². The van der Waals surface area contributed by atoms with Crippen LogP contribution in [0.5, 0.6) is 11.5 Å². The Morgan fingerprint density at radius 3 is 2.21 bits per heavy atom. The lowest BCUT2D eigenvalue weighted by atomic mass is 10.2. The molecule has 1 amide bonds. The number of para-hydroxylation sites is 4. The van der Waals surface area contributed by atoms with Crippen molar-refractivity contribution in [3.63, 3.8) is 0 Å². The highest BCUT2D eigenvalue weighted by molar-refractivity contribution is 5.95. The molecule has 5 heteroatoms. The van der Waals surface area contributed by atoms with Gasteiger partial charge in [-0.15, -0.1) is 0 Å². The molecule has 0 spiro atoms. The number of carbonyl (C=O) groups excluding carboxylic acids is 1. The summed E-state index contributed by atoms with van der Waals surface area (Å²) in [5.74, 6) is 0.818. The van der Waals surface area contributed by atoms with Gasteiger partial charge in [-0.1, -0.05) is 54.6 Å². The highest BCUT2D eigenvalue weighted by Crippen LogP contribution is 2.27. The number of nitrogens with one attached hydrogen (secondary N) is 2. The molecule has 3 aromatic rings. The Balaban J connectivity index is 1.63. The van der Waals surface area contributed by atoms with Gasteiger partial charge in [0.2, 0.25) is 0 Å². The fourth-order valence-corrected chi connectivity index (χ4v) is 2.66. The van der Waals surface area contributed by atoms with E-state index in [-0.39, 0.29) is 12.5 Å². The molecule has 0 radical (unpaired) electrons. The molecule has 0 saturated carbocycles. The van der Waals surface area contributed by atoms with Crippen LogP contribution in [0.1, 0.15) is 5.56 Å². The molecule has 0 saturated heterocycles. The van der Waals surface area contributed by atoms with Crippen molar-refractivity contribution in [3.8, 4) is 11.5 Å². The Morgan fingerprint density at radius 1 is 0.897 bits per heavy atom. The van der Waals surface area contributed by atoms with Gasteiger partial charge in [0, 0.05) is 5.69 Å². The van der Waals surface area contributed by atoms with Crippen LogP contribution in [0.15, 0.2) is 85.5 Å². The van der Waals surface area contributed by atoms with Crippen LogP contribution >= 0.6 is 0 Å². The van der Waals surface area contributed by atoms with E-state index in [1.54, 1.807) is 18.2 Å². The fourth-order valence-electron chi connectivity index (χ4n) is 2.66. The lowest BCUT2D eigenvalue weighted by Crippen LogP contribution is -2.21. The molecule has 3 rings (SSSR count). The molecular weight excluding hydrogens is 364 g/mol. The van der Waals surface area contributed by atoms with Crippen molar-refractivity contribution < 1.29 is 14.3 Å². The molecule has 0 aliphatic carbocycles. The summed E-state index contributed by atoms with van der Waals surface area (Å²) in [6.45, 7) is 5.91. The number of hydrogen-bond acceptors (Lipinski definition) is 4. The van der Waals surface area contributed by atoms with Crippen LogP contribution in [-0.4, -0.2) is 19.1 Å². The number of amides is 1. The highest BCUT2D eigenvalue weighted by atomic mass is 16.5. The van der Waals surface area contributed by atoms with Gasteiger partial charge in [0.05, 0.1) is 11.4 Å². The SMILES string of the molecule is C=CCOc1ccccc1OCC(=O)Nc1ccccc1Nc1ccc(C)cc1. The van der Waals surface area contributed by atoms with E-state index in [2.05, 4.69) is 17.2 Å². The lowest BCUT2D eigenvalue weighted by Gasteiger charge is -2.14. The zero-order valence-electron chi connectivity index (χ0n) is 16.4. The van der Waals surface area contributed by atoms with Crippen LogP contribution < -0.4 is 20.1 Å². The van der Waals surface area contributed by atoms with E-state index in [1.807, 2.05) is 67.6 Å². The minimum atomic E-state index is -0.262. The average Bonchev–Trinajstić information content (AvgIpc) is 2.74. The van der Waals surface area contributed by atoms with Crippen molar-refractivity contribution in [2.24, 2.45) is 0 Å². The van der Waals surface area contributed by atoms with Gasteiger partial charge in [-0.3, -0.25) is 4.79 Å². The predicted molar refractivity (Wildman–Crippen MR) is 117 cm³/mol. The molecule has 0 atom stereocenters. The van der Waals surface area contributed by atoms with Gasteiger partial charge in [0.25, 0.3) is 5.91 Å². The van der Waals surface area contributed by atoms with Crippen LogP contribution in [0, 0.1) is 6.92 Å². The molecule has 2 N–H and O–H groups in total. The number of hydrogen-bond donors (Lipinski definition) is 2. The normalized spacial score (nSPS) is 10.1. The first-order valence-corrected chi connectivity index (χ1v) is 9.34. The monoisotopic (exact) mass is 388 g/mol.